The van der Waals surface area contributed by atoms with Gasteiger partial charge in [0.25, 0.3) is 5.91 Å². The van der Waals surface area contributed by atoms with E-state index in [2.05, 4.69) is 4.98 Å². The summed E-state index contributed by atoms with van der Waals surface area (Å²) in [5.41, 5.74) is 1.43. The average molecular weight is 394 g/mol. The summed E-state index contributed by atoms with van der Waals surface area (Å²) in [6, 6.07) is 8.92. The minimum atomic E-state index is -0.794. The van der Waals surface area contributed by atoms with Crippen LogP contribution in [0, 0.1) is 0 Å². The van der Waals surface area contributed by atoms with Gasteiger partial charge in [-0.2, -0.15) is 0 Å². The minimum absolute atomic E-state index is 0.0498. The van der Waals surface area contributed by atoms with Crippen molar-refractivity contribution in [1.82, 2.24) is 4.98 Å². The molecular weight excluding hydrogens is 372 g/mol. The van der Waals surface area contributed by atoms with Gasteiger partial charge in [-0.3, -0.25) is 19.5 Å². The van der Waals surface area contributed by atoms with E-state index in [1.54, 1.807) is 69.6 Å². The third-order valence-corrected chi connectivity index (χ3v) is 4.55. The zero-order chi connectivity index (χ0) is 21.1. The minimum Gasteiger partial charge on any atom is -0.503 e. The van der Waals surface area contributed by atoms with Gasteiger partial charge < -0.3 is 9.84 Å². The number of aliphatic hydroxyl groups is 1. The number of aliphatic hydroxyl groups excluding tert-OH is 1. The number of nitrogens with zero attached hydrogens (tertiary/aromatic N) is 2. The van der Waals surface area contributed by atoms with Gasteiger partial charge in [-0.1, -0.05) is 13.0 Å². The molecule has 2 aromatic rings. The fourth-order valence-electron chi connectivity index (χ4n) is 3.24. The van der Waals surface area contributed by atoms with Crippen molar-refractivity contribution in [3.05, 3.63) is 71.3 Å². The molecule has 7 heteroatoms. The molecule has 0 aliphatic carbocycles. The highest BCUT2D eigenvalue weighted by Crippen LogP contribution is 2.41. The molecule has 1 aliphatic heterocycles. The summed E-state index contributed by atoms with van der Waals surface area (Å²) in [5, 5.41) is 10.4. The van der Waals surface area contributed by atoms with Gasteiger partial charge in [0.1, 0.15) is 0 Å². The van der Waals surface area contributed by atoms with Crippen LogP contribution in [0.2, 0.25) is 0 Å². The summed E-state index contributed by atoms with van der Waals surface area (Å²) >= 11 is 0. The Bertz CT molecular complexity index is 964. The van der Waals surface area contributed by atoms with Crippen LogP contribution in [0.25, 0.3) is 0 Å². The molecule has 0 radical (unpaired) electrons. The fourth-order valence-corrected chi connectivity index (χ4v) is 3.24. The second-order valence-corrected chi connectivity index (χ2v) is 6.90. The third kappa shape index (κ3) is 3.89. The summed E-state index contributed by atoms with van der Waals surface area (Å²) in [7, 11) is 0. The third-order valence-electron chi connectivity index (χ3n) is 4.55. The highest BCUT2D eigenvalue weighted by molar-refractivity contribution is 6.16. The Kier molecular flexibility index (Phi) is 5.77. The summed E-state index contributed by atoms with van der Waals surface area (Å²) in [5.74, 6) is -2.02. The molecule has 7 nitrogen and oxygen atoms in total. The maximum absolute atomic E-state index is 12.8. The van der Waals surface area contributed by atoms with Gasteiger partial charge in [0.05, 0.1) is 23.3 Å². The number of hydrogen-bond acceptors (Lipinski definition) is 6. The van der Waals surface area contributed by atoms with Crippen molar-refractivity contribution >= 4 is 23.3 Å². The van der Waals surface area contributed by atoms with Crippen molar-refractivity contribution in [2.24, 2.45) is 0 Å². The van der Waals surface area contributed by atoms with Gasteiger partial charge in [-0.15, -0.1) is 0 Å². The number of ketones is 1. The summed E-state index contributed by atoms with van der Waals surface area (Å²) in [4.78, 5) is 42.8. The number of carbonyl (C=O) groups excluding carboxylic acids is 3. The van der Waals surface area contributed by atoms with Crippen LogP contribution in [0.15, 0.2) is 60.1 Å². The van der Waals surface area contributed by atoms with E-state index in [0.717, 1.165) is 0 Å². The second-order valence-electron chi connectivity index (χ2n) is 6.90. The van der Waals surface area contributed by atoms with Crippen molar-refractivity contribution in [3.63, 3.8) is 0 Å². The Labute approximate surface area is 168 Å². The lowest BCUT2D eigenvalue weighted by Gasteiger charge is -2.26. The van der Waals surface area contributed by atoms with Crippen LogP contribution in [-0.2, 0) is 14.3 Å². The Balaban J connectivity index is 2.02. The summed E-state index contributed by atoms with van der Waals surface area (Å²) < 4.78 is 5.17. The molecular formula is C22H22N2O5. The molecule has 0 saturated heterocycles. The number of ether oxygens (including phenoxy) is 1. The highest BCUT2D eigenvalue weighted by atomic mass is 16.5. The number of aromatic nitrogens is 1. The molecule has 1 aliphatic rings. The zero-order valence-corrected chi connectivity index (χ0v) is 16.5. The first-order chi connectivity index (χ1) is 13.8. The first-order valence-corrected chi connectivity index (χ1v) is 9.36. The largest absolute Gasteiger partial charge is 0.503 e. The quantitative estimate of drug-likeness (QED) is 0.753. The van der Waals surface area contributed by atoms with Gasteiger partial charge >= 0.3 is 5.97 Å². The molecule has 1 atom stereocenters. The molecule has 0 spiro atoms. The number of benzene rings is 1. The van der Waals surface area contributed by atoms with Crippen LogP contribution in [0.3, 0.4) is 0 Å². The van der Waals surface area contributed by atoms with Gasteiger partial charge in [0.2, 0.25) is 0 Å². The SMILES string of the molecule is CCC(=O)C1=C(O)C(=O)N(c2ccc(C(=O)OC(C)C)cc2)C1c1cccnc1. The van der Waals surface area contributed by atoms with Crippen molar-refractivity contribution in [2.75, 3.05) is 4.90 Å². The van der Waals surface area contributed by atoms with E-state index in [1.807, 2.05) is 0 Å². The maximum Gasteiger partial charge on any atom is 0.338 e. The summed E-state index contributed by atoms with van der Waals surface area (Å²) in [6.45, 7) is 5.19. The van der Waals surface area contributed by atoms with Crippen LogP contribution in [0.4, 0.5) is 5.69 Å². The number of Topliss-reactive ketones (excluding diaryl/α,β-unsaturated/α-hetero) is 1. The predicted octanol–water partition coefficient (Wildman–Crippen LogP) is 3.53. The van der Waals surface area contributed by atoms with Crippen molar-refractivity contribution in [3.8, 4) is 0 Å². The van der Waals surface area contributed by atoms with Crippen molar-refractivity contribution < 1.29 is 24.2 Å². The van der Waals surface area contributed by atoms with E-state index in [4.69, 9.17) is 4.74 Å². The molecule has 3 rings (SSSR count). The second kappa shape index (κ2) is 8.26. The highest BCUT2D eigenvalue weighted by Gasteiger charge is 2.43. The van der Waals surface area contributed by atoms with Crippen LogP contribution in [-0.4, -0.2) is 33.9 Å². The van der Waals surface area contributed by atoms with Crippen LogP contribution in [0.5, 0.6) is 0 Å². The molecule has 0 saturated carbocycles. The van der Waals surface area contributed by atoms with Crippen molar-refractivity contribution in [2.45, 2.75) is 39.3 Å². The summed E-state index contributed by atoms with van der Waals surface area (Å²) in [6.07, 6.45) is 3.05. The number of carbonyl (C=O) groups is 3. The molecule has 0 bridgehead atoms. The van der Waals surface area contributed by atoms with Gasteiger partial charge in [0, 0.05) is 24.5 Å². The lowest BCUT2D eigenvalue weighted by molar-refractivity contribution is -0.118. The molecule has 1 amide bonds. The Morgan fingerprint density at radius 1 is 1.21 bits per heavy atom. The molecule has 1 unspecified atom stereocenters. The van der Waals surface area contributed by atoms with E-state index in [1.165, 1.54) is 4.90 Å². The van der Waals surface area contributed by atoms with Gasteiger partial charge in [-0.05, 0) is 49.7 Å². The molecule has 1 N–H and O–H groups in total. The predicted molar refractivity (Wildman–Crippen MR) is 106 cm³/mol. The van der Waals surface area contributed by atoms with E-state index in [0.29, 0.717) is 16.8 Å². The van der Waals surface area contributed by atoms with Crippen LogP contribution < -0.4 is 4.90 Å². The van der Waals surface area contributed by atoms with E-state index in [9.17, 15) is 19.5 Å². The monoisotopic (exact) mass is 394 g/mol. The molecule has 1 aromatic carbocycles. The number of rotatable bonds is 6. The Hall–Kier alpha value is -3.48. The zero-order valence-electron chi connectivity index (χ0n) is 16.5. The van der Waals surface area contributed by atoms with Gasteiger partial charge in [-0.25, -0.2) is 4.79 Å². The van der Waals surface area contributed by atoms with E-state index in [-0.39, 0.29) is 23.9 Å². The first kappa shape index (κ1) is 20.3. The van der Waals surface area contributed by atoms with Crippen LogP contribution in [0.1, 0.15) is 49.2 Å². The fraction of sp³-hybridized carbons (Fsp3) is 0.273. The number of hydrogen-bond donors (Lipinski definition) is 1. The molecule has 0 fully saturated rings. The lowest BCUT2D eigenvalue weighted by Crippen LogP contribution is -2.31. The maximum atomic E-state index is 12.8. The lowest BCUT2D eigenvalue weighted by atomic mass is 9.96. The normalized spacial score (nSPS) is 16.5. The number of anilines is 1. The van der Waals surface area contributed by atoms with E-state index < -0.39 is 23.7 Å². The number of esters is 1. The van der Waals surface area contributed by atoms with Crippen LogP contribution >= 0.6 is 0 Å². The standard InChI is InChI=1S/C22H22N2O5/c1-4-17(25)18-19(15-6-5-11-23-12-15)24(21(27)20(18)26)16-9-7-14(8-10-16)22(28)29-13(2)3/h5-13,19,26H,4H2,1-3H3. The Morgan fingerprint density at radius 3 is 2.45 bits per heavy atom. The molecule has 29 heavy (non-hydrogen) atoms. The smallest absolute Gasteiger partial charge is 0.338 e. The average Bonchev–Trinajstić information content (AvgIpc) is 2.98. The molecule has 1 aromatic heterocycles. The molecule has 2 heterocycles. The number of pyridine rings is 1. The molecule has 150 valence electrons. The van der Waals surface area contributed by atoms with E-state index >= 15 is 0 Å². The topological polar surface area (TPSA) is 96.8 Å². The Morgan fingerprint density at radius 2 is 1.90 bits per heavy atom. The van der Waals surface area contributed by atoms with Gasteiger partial charge in [0.15, 0.2) is 11.5 Å². The van der Waals surface area contributed by atoms with Crippen molar-refractivity contribution in [1.29, 1.82) is 0 Å². The first-order valence-electron chi connectivity index (χ1n) is 9.36. The number of amides is 1.